The van der Waals surface area contributed by atoms with Gasteiger partial charge in [0.1, 0.15) is 0 Å². The maximum atomic E-state index is 12.4. The van der Waals surface area contributed by atoms with E-state index in [1.165, 1.54) is 167 Å². The fourth-order valence-corrected chi connectivity index (χ4v) is 7.90. The minimum Gasteiger partial charge on any atom is -0.394 e. The first-order chi connectivity index (χ1) is 31.7. The maximum absolute atomic E-state index is 12.4. The third-order valence-electron chi connectivity index (χ3n) is 12.1. The molecule has 4 heteroatoms. The Morgan fingerprint density at radius 1 is 0.391 bits per heavy atom. The molecule has 0 aromatic heterocycles. The van der Waals surface area contributed by atoms with Crippen LogP contribution in [-0.2, 0) is 4.79 Å². The fraction of sp³-hybridized carbons (Fsp3) is 0.717. The first-order valence-corrected chi connectivity index (χ1v) is 27.5. The Balaban J connectivity index is 3.47. The molecule has 0 fully saturated rings. The van der Waals surface area contributed by atoms with E-state index in [-0.39, 0.29) is 12.5 Å². The van der Waals surface area contributed by atoms with Crippen molar-refractivity contribution in [1.82, 2.24) is 5.32 Å². The van der Waals surface area contributed by atoms with Gasteiger partial charge in [-0.25, -0.2) is 0 Å². The Kier molecular flexibility index (Phi) is 52.3. The van der Waals surface area contributed by atoms with Crippen LogP contribution in [0.4, 0.5) is 0 Å². The number of hydrogen-bond donors (Lipinski definition) is 3. The molecule has 0 heterocycles. The number of aliphatic hydroxyl groups is 2. The molecule has 368 valence electrons. The van der Waals surface area contributed by atoms with Gasteiger partial charge in [-0.15, -0.1) is 0 Å². The predicted molar refractivity (Wildman–Crippen MR) is 285 cm³/mol. The Hall–Kier alpha value is -2.69. The van der Waals surface area contributed by atoms with E-state index in [0.717, 1.165) is 70.6 Å². The minimum atomic E-state index is -0.863. The molecule has 1 amide bonds. The number of carbonyl (C=O) groups is 1. The Bertz CT molecular complexity index is 1190. The lowest BCUT2D eigenvalue weighted by Gasteiger charge is -2.19. The number of hydrogen-bond acceptors (Lipinski definition) is 3. The molecule has 0 aliphatic carbocycles. The molecule has 0 bridgehead atoms. The van der Waals surface area contributed by atoms with Gasteiger partial charge in [0.05, 0.1) is 18.8 Å². The third kappa shape index (κ3) is 50.3. The van der Waals surface area contributed by atoms with Crippen molar-refractivity contribution in [3.8, 4) is 0 Å². The lowest BCUT2D eigenvalue weighted by atomic mass is 10.0. The fourth-order valence-electron chi connectivity index (χ4n) is 7.90. The molecule has 0 saturated carbocycles. The summed E-state index contributed by atoms with van der Waals surface area (Å²) >= 11 is 0. The van der Waals surface area contributed by atoms with Gasteiger partial charge in [0.25, 0.3) is 0 Å². The highest BCUT2D eigenvalue weighted by atomic mass is 16.3. The van der Waals surface area contributed by atoms with Crippen LogP contribution in [0.3, 0.4) is 0 Å². The van der Waals surface area contributed by atoms with E-state index >= 15 is 0 Å². The molecule has 0 aromatic carbocycles. The van der Waals surface area contributed by atoms with Gasteiger partial charge in [-0.05, 0) is 83.5 Å². The summed E-state index contributed by atoms with van der Waals surface area (Å²) < 4.78 is 0. The van der Waals surface area contributed by atoms with Crippen LogP contribution in [0.25, 0.3) is 0 Å². The average Bonchev–Trinajstić information content (AvgIpc) is 3.30. The number of nitrogens with one attached hydrogen (secondary N) is 1. The highest BCUT2D eigenvalue weighted by Gasteiger charge is 2.17. The standard InChI is InChI=1S/C60H105NO3/c1-3-5-7-9-11-13-15-17-18-19-20-21-22-23-24-25-26-27-28-29-30-31-32-33-34-35-36-37-38-39-40-41-42-44-46-48-50-52-54-56-60(64)61-58(57-62)59(63)55-53-51-49-47-45-43-16-14-12-10-8-6-4-2/h5,7,11,13,17-18,20-21,23-24,26-27,45,47,53,55,58-59,62-63H,3-4,6,8-10,12,14-16,19,22,25,28-44,46,48-52,54,56-57H2,1-2H3,(H,61,64)/b7-5-,13-11-,18-17-,21-20-,24-23-,27-26-,47-45+,55-53+. The van der Waals surface area contributed by atoms with Crippen molar-refractivity contribution < 1.29 is 15.0 Å². The Labute approximate surface area is 398 Å². The molecule has 0 spiro atoms. The molecule has 4 nitrogen and oxygen atoms in total. The van der Waals surface area contributed by atoms with E-state index in [1.807, 2.05) is 6.08 Å². The highest BCUT2D eigenvalue weighted by molar-refractivity contribution is 5.76. The van der Waals surface area contributed by atoms with Crippen LogP contribution >= 0.6 is 0 Å². The average molecular weight is 889 g/mol. The number of aliphatic hydroxyl groups excluding tert-OH is 2. The molecule has 2 atom stereocenters. The van der Waals surface area contributed by atoms with Gasteiger partial charge in [0.2, 0.25) is 5.91 Å². The van der Waals surface area contributed by atoms with Crippen molar-refractivity contribution in [3.63, 3.8) is 0 Å². The summed E-state index contributed by atoms with van der Waals surface area (Å²) in [5, 5.41) is 23.0. The second-order valence-corrected chi connectivity index (χ2v) is 18.3. The molecule has 0 rings (SSSR count). The first-order valence-electron chi connectivity index (χ1n) is 27.5. The molecule has 2 unspecified atom stereocenters. The minimum absolute atomic E-state index is 0.0746. The molecule has 0 aliphatic heterocycles. The molecule has 0 radical (unpaired) electrons. The molecule has 0 aliphatic rings. The number of amides is 1. The predicted octanol–water partition coefficient (Wildman–Crippen LogP) is 18.1. The summed E-state index contributed by atoms with van der Waals surface area (Å²) in [6.07, 6.45) is 81.4. The molecular formula is C60H105NO3. The summed E-state index contributed by atoms with van der Waals surface area (Å²) in [7, 11) is 0. The Morgan fingerprint density at radius 3 is 1.09 bits per heavy atom. The zero-order valence-electron chi connectivity index (χ0n) is 42.3. The van der Waals surface area contributed by atoms with Crippen LogP contribution in [0.15, 0.2) is 97.2 Å². The number of rotatable bonds is 49. The van der Waals surface area contributed by atoms with Crippen LogP contribution in [0, 0.1) is 0 Å². The summed E-state index contributed by atoms with van der Waals surface area (Å²) in [6.45, 7) is 4.17. The number of carbonyl (C=O) groups excluding carboxylic acids is 1. The van der Waals surface area contributed by atoms with E-state index < -0.39 is 12.1 Å². The zero-order chi connectivity index (χ0) is 46.3. The topological polar surface area (TPSA) is 69.6 Å². The van der Waals surface area contributed by atoms with Gasteiger partial charge < -0.3 is 15.5 Å². The van der Waals surface area contributed by atoms with Gasteiger partial charge >= 0.3 is 0 Å². The lowest BCUT2D eigenvalue weighted by Crippen LogP contribution is -2.45. The Morgan fingerprint density at radius 2 is 0.703 bits per heavy atom. The molecule has 3 N–H and O–H groups in total. The number of unbranched alkanes of at least 4 members (excludes halogenated alkanes) is 28. The normalized spacial score (nSPS) is 13.6. The first kappa shape index (κ1) is 61.3. The SMILES string of the molecule is CC/C=C\C/C=C\C/C=C\C/C=C\C/C=C\C/C=C\CCCCCCCCCCCCCCCCCCCCCCC(=O)NC(CO)C(O)/C=C/CC/C=C/CCCCCCCCC. The number of allylic oxidation sites excluding steroid dienone is 15. The lowest BCUT2D eigenvalue weighted by molar-refractivity contribution is -0.123. The van der Waals surface area contributed by atoms with Crippen molar-refractivity contribution in [1.29, 1.82) is 0 Å². The van der Waals surface area contributed by atoms with Gasteiger partial charge in [-0.1, -0.05) is 265 Å². The van der Waals surface area contributed by atoms with Crippen molar-refractivity contribution in [2.24, 2.45) is 0 Å². The van der Waals surface area contributed by atoms with E-state index in [1.54, 1.807) is 6.08 Å². The largest absolute Gasteiger partial charge is 0.394 e. The second-order valence-electron chi connectivity index (χ2n) is 18.3. The molecule has 64 heavy (non-hydrogen) atoms. The van der Waals surface area contributed by atoms with Crippen LogP contribution in [0.2, 0.25) is 0 Å². The second kappa shape index (κ2) is 54.6. The third-order valence-corrected chi connectivity index (χ3v) is 12.1. The van der Waals surface area contributed by atoms with Crippen LogP contribution in [0.5, 0.6) is 0 Å². The van der Waals surface area contributed by atoms with E-state index in [2.05, 4.69) is 104 Å². The van der Waals surface area contributed by atoms with Gasteiger partial charge in [-0.2, -0.15) is 0 Å². The summed E-state index contributed by atoms with van der Waals surface area (Å²) in [5.41, 5.74) is 0. The molecular weight excluding hydrogens is 783 g/mol. The van der Waals surface area contributed by atoms with Crippen LogP contribution < -0.4 is 5.32 Å². The van der Waals surface area contributed by atoms with Crippen LogP contribution in [0.1, 0.15) is 258 Å². The van der Waals surface area contributed by atoms with Gasteiger partial charge in [-0.3, -0.25) is 4.79 Å². The smallest absolute Gasteiger partial charge is 0.220 e. The van der Waals surface area contributed by atoms with E-state index in [0.29, 0.717) is 6.42 Å². The quantitative estimate of drug-likeness (QED) is 0.0421. The van der Waals surface area contributed by atoms with Crippen molar-refractivity contribution in [2.45, 2.75) is 270 Å². The van der Waals surface area contributed by atoms with E-state index in [9.17, 15) is 15.0 Å². The van der Waals surface area contributed by atoms with Crippen molar-refractivity contribution in [3.05, 3.63) is 97.2 Å². The summed E-state index contributed by atoms with van der Waals surface area (Å²) in [6, 6.07) is -0.640. The van der Waals surface area contributed by atoms with Gasteiger partial charge in [0, 0.05) is 6.42 Å². The van der Waals surface area contributed by atoms with Crippen molar-refractivity contribution >= 4 is 5.91 Å². The molecule has 0 saturated heterocycles. The summed E-state index contributed by atoms with van der Waals surface area (Å²) in [4.78, 5) is 12.4. The summed E-state index contributed by atoms with van der Waals surface area (Å²) in [5.74, 6) is -0.0746. The van der Waals surface area contributed by atoms with Crippen LogP contribution in [-0.4, -0.2) is 34.9 Å². The van der Waals surface area contributed by atoms with E-state index in [4.69, 9.17) is 0 Å². The monoisotopic (exact) mass is 888 g/mol. The highest BCUT2D eigenvalue weighted by Crippen LogP contribution is 2.16. The van der Waals surface area contributed by atoms with Gasteiger partial charge in [0.15, 0.2) is 0 Å². The van der Waals surface area contributed by atoms with Crippen molar-refractivity contribution in [2.75, 3.05) is 6.61 Å². The maximum Gasteiger partial charge on any atom is 0.220 e. The zero-order valence-corrected chi connectivity index (χ0v) is 42.3. The molecule has 0 aromatic rings.